The van der Waals surface area contributed by atoms with Crippen LogP contribution in [-0.2, 0) is 13.5 Å². The van der Waals surface area contributed by atoms with Crippen molar-refractivity contribution in [2.75, 3.05) is 6.54 Å². The van der Waals surface area contributed by atoms with E-state index in [2.05, 4.69) is 46.6 Å². The number of hydrogen-bond donors (Lipinski definition) is 1. The van der Waals surface area contributed by atoms with E-state index in [1.54, 1.807) is 11.0 Å². The summed E-state index contributed by atoms with van der Waals surface area (Å²) in [5.74, 6) is 1.66. The smallest absolute Gasteiger partial charge is 0.151 e. The van der Waals surface area contributed by atoms with Gasteiger partial charge < -0.3 is 5.32 Å². The molecule has 0 amide bonds. The number of nitrogens with zero attached hydrogens (tertiary/aromatic N) is 3. The van der Waals surface area contributed by atoms with Gasteiger partial charge in [0.25, 0.3) is 0 Å². The minimum absolute atomic E-state index is 0.656. The fourth-order valence-electron chi connectivity index (χ4n) is 2.97. The predicted molar refractivity (Wildman–Crippen MR) is 79.7 cm³/mol. The molecule has 0 bridgehead atoms. The Morgan fingerprint density at radius 2 is 2.10 bits per heavy atom. The standard InChI is InChI=1S/C16H22N4/c1-12-5-3-4-6-15(12)13-9-14(10-13)17-8-7-16-18-11-20(2)19-16/h3-6,11,13-14,17H,7-10H2,1-2H3. The van der Waals surface area contributed by atoms with E-state index in [1.165, 1.54) is 24.0 Å². The van der Waals surface area contributed by atoms with Crippen molar-refractivity contribution < 1.29 is 0 Å². The molecule has 4 heteroatoms. The van der Waals surface area contributed by atoms with Crippen LogP contribution in [-0.4, -0.2) is 27.4 Å². The van der Waals surface area contributed by atoms with E-state index in [0.717, 1.165) is 24.7 Å². The second kappa shape index (κ2) is 5.75. The van der Waals surface area contributed by atoms with Gasteiger partial charge in [-0.15, -0.1) is 0 Å². The molecule has 0 radical (unpaired) electrons. The number of aryl methyl sites for hydroxylation is 2. The van der Waals surface area contributed by atoms with Crippen molar-refractivity contribution in [2.45, 2.75) is 38.1 Å². The van der Waals surface area contributed by atoms with Crippen molar-refractivity contribution >= 4 is 0 Å². The third-order valence-electron chi connectivity index (χ3n) is 4.20. The van der Waals surface area contributed by atoms with Crippen LogP contribution in [0.25, 0.3) is 0 Å². The van der Waals surface area contributed by atoms with Gasteiger partial charge in [-0.1, -0.05) is 24.3 Å². The molecule has 3 rings (SSSR count). The lowest BCUT2D eigenvalue weighted by Gasteiger charge is -2.37. The van der Waals surface area contributed by atoms with Crippen LogP contribution in [0.2, 0.25) is 0 Å². The molecule has 1 saturated carbocycles. The van der Waals surface area contributed by atoms with Gasteiger partial charge in [-0.2, -0.15) is 5.10 Å². The maximum atomic E-state index is 4.29. The van der Waals surface area contributed by atoms with Crippen LogP contribution in [0, 0.1) is 6.92 Å². The summed E-state index contributed by atoms with van der Waals surface area (Å²) >= 11 is 0. The molecule has 0 spiro atoms. The molecule has 0 atom stereocenters. The fraction of sp³-hybridized carbons (Fsp3) is 0.500. The Balaban J connectivity index is 1.41. The summed E-state index contributed by atoms with van der Waals surface area (Å²) in [6, 6.07) is 9.41. The van der Waals surface area contributed by atoms with E-state index >= 15 is 0 Å². The van der Waals surface area contributed by atoms with Crippen molar-refractivity contribution in [1.82, 2.24) is 20.1 Å². The zero-order valence-corrected chi connectivity index (χ0v) is 12.2. The Kier molecular flexibility index (Phi) is 3.83. The molecule has 0 unspecified atom stereocenters. The summed E-state index contributed by atoms with van der Waals surface area (Å²) in [4.78, 5) is 4.24. The van der Waals surface area contributed by atoms with Crippen LogP contribution in [0.4, 0.5) is 0 Å². The second-order valence-corrected chi connectivity index (χ2v) is 5.76. The van der Waals surface area contributed by atoms with Crippen LogP contribution in [0.1, 0.15) is 35.7 Å². The number of hydrogen-bond acceptors (Lipinski definition) is 3. The first-order valence-corrected chi connectivity index (χ1v) is 7.36. The van der Waals surface area contributed by atoms with E-state index < -0.39 is 0 Å². The lowest BCUT2D eigenvalue weighted by molar-refractivity contribution is 0.291. The number of aromatic nitrogens is 3. The summed E-state index contributed by atoms with van der Waals surface area (Å²) in [7, 11) is 1.91. The van der Waals surface area contributed by atoms with Gasteiger partial charge in [0.05, 0.1) is 0 Å². The monoisotopic (exact) mass is 270 g/mol. The lowest BCUT2D eigenvalue weighted by atomic mass is 9.74. The maximum Gasteiger partial charge on any atom is 0.151 e. The highest BCUT2D eigenvalue weighted by Crippen LogP contribution is 2.38. The normalized spacial score (nSPS) is 21.7. The van der Waals surface area contributed by atoms with Crippen LogP contribution in [0.5, 0.6) is 0 Å². The Labute approximate surface area is 120 Å². The van der Waals surface area contributed by atoms with Crippen LogP contribution in [0.3, 0.4) is 0 Å². The third kappa shape index (κ3) is 2.90. The number of rotatable bonds is 5. The van der Waals surface area contributed by atoms with Gasteiger partial charge in [0.15, 0.2) is 5.82 Å². The molecule has 1 aromatic carbocycles. The molecule has 1 heterocycles. The molecule has 20 heavy (non-hydrogen) atoms. The summed E-state index contributed by atoms with van der Waals surface area (Å²) in [6.45, 7) is 3.18. The minimum atomic E-state index is 0.656. The van der Waals surface area contributed by atoms with Crippen LogP contribution in [0.15, 0.2) is 30.6 Å². The molecular weight excluding hydrogens is 248 g/mol. The maximum absolute atomic E-state index is 4.29. The Hall–Kier alpha value is -1.68. The van der Waals surface area contributed by atoms with Gasteiger partial charge >= 0.3 is 0 Å². The molecule has 106 valence electrons. The average molecular weight is 270 g/mol. The van der Waals surface area contributed by atoms with E-state index in [9.17, 15) is 0 Å². The molecule has 2 aromatic rings. The van der Waals surface area contributed by atoms with Crippen LogP contribution >= 0.6 is 0 Å². The molecule has 1 aliphatic rings. The topological polar surface area (TPSA) is 42.7 Å². The van der Waals surface area contributed by atoms with Gasteiger partial charge in [0.1, 0.15) is 6.33 Å². The highest BCUT2D eigenvalue weighted by molar-refractivity contribution is 5.31. The number of nitrogens with one attached hydrogen (secondary N) is 1. The van der Waals surface area contributed by atoms with Gasteiger partial charge in [-0.3, -0.25) is 4.68 Å². The molecule has 1 fully saturated rings. The summed E-state index contributed by atoms with van der Waals surface area (Å²) in [6.07, 6.45) is 5.17. The lowest BCUT2D eigenvalue weighted by Crippen LogP contribution is -2.41. The van der Waals surface area contributed by atoms with E-state index in [1.807, 2.05) is 7.05 Å². The fourth-order valence-corrected chi connectivity index (χ4v) is 2.97. The molecule has 1 aromatic heterocycles. The zero-order chi connectivity index (χ0) is 13.9. The summed E-state index contributed by atoms with van der Waals surface area (Å²) in [5, 5.41) is 7.90. The highest BCUT2D eigenvalue weighted by Gasteiger charge is 2.30. The van der Waals surface area contributed by atoms with Gasteiger partial charge in [-0.05, 0) is 36.8 Å². The Bertz CT molecular complexity index is 569. The van der Waals surface area contributed by atoms with Crippen LogP contribution < -0.4 is 5.32 Å². The third-order valence-corrected chi connectivity index (χ3v) is 4.20. The molecule has 0 saturated heterocycles. The first-order valence-electron chi connectivity index (χ1n) is 7.36. The van der Waals surface area contributed by atoms with Gasteiger partial charge in [-0.25, -0.2) is 4.98 Å². The van der Waals surface area contributed by atoms with Crippen molar-refractivity contribution in [3.63, 3.8) is 0 Å². The van der Waals surface area contributed by atoms with Crippen molar-refractivity contribution in [1.29, 1.82) is 0 Å². The minimum Gasteiger partial charge on any atom is -0.313 e. The average Bonchev–Trinajstić information content (AvgIpc) is 2.79. The number of benzene rings is 1. The van der Waals surface area contributed by atoms with Crippen molar-refractivity contribution in [3.05, 3.63) is 47.5 Å². The summed E-state index contributed by atoms with van der Waals surface area (Å²) < 4.78 is 1.76. The molecule has 4 nitrogen and oxygen atoms in total. The first-order chi connectivity index (χ1) is 9.72. The van der Waals surface area contributed by atoms with Gasteiger partial charge in [0, 0.05) is 26.1 Å². The highest BCUT2D eigenvalue weighted by atomic mass is 15.3. The molecular formula is C16H22N4. The van der Waals surface area contributed by atoms with E-state index in [0.29, 0.717) is 6.04 Å². The second-order valence-electron chi connectivity index (χ2n) is 5.76. The molecule has 1 N–H and O–H groups in total. The van der Waals surface area contributed by atoms with Gasteiger partial charge in [0.2, 0.25) is 0 Å². The Morgan fingerprint density at radius 1 is 1.30 bits per heavy atom. The van der Waals surface area contributed by atoms with E-state index in [-0.39, 0.29) is 0 Å². The SMILES string of the molecule is Cc1ccccc1C1CC(NCCc2ncn(C)n2)C1. The predicted octanol–water partition coefficient (Wildman–Crippen LogP) is 2.20. The zero-order valence-electron chi connectivity index (χ0n) is 12.2. The molecule has 1 aliphatic carbocycles. The first kappa shape index (κ1) is 13.3. The quantitative estimate of drug-likeness (QED) is 0.905. The summed E-state index contributed by atoms with van der Waals surface area (Å²) in [5.41, 5.74) is 2.95. The van der Waals surface area contributed by atoms with Crippen molar-refractivity contribution in [3.8, 4) is 0 Å². The van der Waals surface area contributed by atoms with Crippen molar-refractivity contribution in [2.24, 2.45) is 7.05 Å². The molecule has 0 aliphatic heterocycles. The van der Waals surface area contributed by atoms with E-state index in [4.69, 9.17) is 0 Å². The largest absolute Gasteiger partial charge is 0.313 e. The Morgan fingerprint density at radius 3 is 2.80 bits per heavy atom.